The normalized spacial score (nSPS) is 10.1. The van der Waals surface area contributed by atoms with E-state index in [0.29, 0.717) is 5.75 Å². The van der Waals surface area contributed by atoms with Crippen LogP contribution >= 0.6 is 11.8 Å². The number of carboxylic acid groups (broad SMARTS) is 1. The third kappa shape index (κ3) is 3.77. The summed E-state index contributed by atoms with van der Waals surface area (Å²) in [6.45, 7) is 2.09. The van der Waals surface area contributed by atoms with E-state index in [4.69, 9.17) is 9.84 Å². The monoisotopic (exact) mass is 240 g/mol. The van der Waals surface area contributed by atoms with Crippen molar-refractivity contribution >= 4 is 17.7 Å². The average Bonchev–Trinajstić information content (AvgIpc) is 2.28. The Bertz CT molecular complexity index is 363. The lowest BCUT2D eigenvalue weighted by Crippen LogP contribution is -1.96. The van der Waals surface area contributed by atoms with E-state index in [-0.39, 0.29) is 6.42 Å². The standard InChI is InChI=1S/C12H16O3S/c1-3-9-4-5-10(15-2)11(8-9)16-7-6-12(13)14/h4-5,8H,3,6-7H2,1-2H3,(H,13,14). The molecule has 16 heavy (non-hydrogen) atoms. The molecular weight excluding hydrogens is 224 g/mol. The zero-order valence-electron chi connectivity index (χ0n) is 9.53. The van der Waals surface area contributed by atoms with Gasteiger partial charge in [-0.1, -0.05) is 13.0 Å². The van der Waals surface area contributed by atoms with Crippen LogP contribution in [0.15, 0.2) is 23.1 Å². The topological polar surface area (TPSA) is 46.5 Å². The van der Waals surface area contributed by atoms with Gasteiger partial charge in [-0.3, -0.25) is 4.79 Å². The zero-order chi connectivity index (χ0) is 12.0. The van der Waals surface area contributed by atoms with Crippen molar-refractivity contribution in [3.8, 4) is 5.75 Å². The summed E-state index contributed by atoms with van der Waals surface area (Å²) in [7, 11) is 1.63. The molecule has 0 fully saturated rings. The molecule has 0 saturated carbocycles. The van der Waals surface area contributed by atoms with Gasteiger partial charge in [0, 0.05) is 10.6 Å². The molecule has 0 bridgehead atoms. The second kappa shape index (κ2) is 6.43. The van der Waals surface area contributed by atoms with E-state index in [9.17, 15) is 4.79 Å². The van der Waals surface area contributed by atoms with Crippen LogP contribution in [0.5, 0.6) is 5.75 Å². The van der Waals surface area contributed by atoms with Crippen LogP contribution in [0.2, 0.25) is 0 Å². The van der Waals surface area contributed by atoms with Gasteiger partial charge in [0.25, 0.3) is 0 Å². The number of rotatable bonds is 6. The fraction of sp³-hybridized carbons (Fsp3) is 0.417. The Morgan fingerprint density at radius 1 is 1.50 bits per heavy atom. The Balaban J connectivity index is 2.71. The van der Waals surface area contributed by atoms with Crippen molar-refractivity contribution in [3.63, 3.8) is 0 Å². The van der Waals surface area contributed by atoms with Crippen LogP contribution in [0.4, 0.5) is 0 Å². The van der Waals surface area contributed by atoms with Gasteiger partial charge in [0.05, 0.1) is 13.5 Å². The molecule has 0 aliphatic carbocycles. The molecule has 0 aromatic heterocycles. The third-order valence-corrected chi connectivity index (χ3v) is 3.25. The van der Waals surface area contributed by atoms with E-state index >= 15 is 0 Å². The number of hydrogen-bond donors (Lipinski definition) is 1. The molecule has 0 aliphatic heterocycles. The van der Waals surface area contributed by atoms with Crippen molar-refractivity contribution in [1.82, 2.24) is 0 Å². The SMILES string of the molecule is CCc1ccc(OC)c(SCCC(=O)O)c1. The maximum Gasteiger partial charge on any atom is 0.304 e. The predicted octanol–water partition coefficient (Wildman–Crippen LogP) is 2.82. The Morgan fingerprint density at radius 3 is 2.81 bits per heavy atom. The highest BCUT2D eigenvalue weighted by molar-refractivity contribution is 7.99. The lowest BCUT2D eigenvalue weighted by atomic mass is 10.2. The first-order valence-corrected chi connectivity index (χ1v) is 6.17. The van der Waals surface area contributed by atoms with Crippen molar-refractivity contribution in [2.24, 2.45) is 0 Å². The summed E-state index contributed by atoms with van der Waals surface area (Å²) in [5.41, 5.74) is 1.23. The minimum Gasteiger partial charge on any atom is -0.496 e. The number of carbonyl (C=O) groups is 1. The molecule has 0 atom stereocenters. The van der Waals surface area contributed by atoms with E-state index in [1.54, 1.807) is 7.11 Å². The fourth-order valence-electron chi connectivity index (χ4n) is 1.30. The number of thioether (sulfide) groups is 1. The van der Waals surface area contributed by atoms with E-state index < -0.39 is 5.97 Å². The van der Waals surface area contributed by atoms with Crippen LogP contribution in [-0.4, -0.2) is 23.9 Å². The number of aliphatic carboxylic acids is 1. The van der Waals surface area contributed by atoms with Crippen LogP contribution in [0.1, 0.15) is 18.9 Å². The molecular formula is C12H16O3S. The second-order valence-electron chi connectivity index (χ2n) is 3.33. The quantitative estimate of drug-likeness (QED) is 0.777. The van der Waals surface area contributed by atoms with Crippen molar-refractivity contribution in [3.05, 3.63) is 23.8 Å². The molecule has 0 spiro atoms. The van der Waals surface area contributed by atoms with Gasteiger partial charge in [-0.2, -0.15) is 0 Å². The highest BCUT2D eigenvalue weighted by atomic mass is 32.2. The van der Waals surface area contributed by atoms with Crippen LogP contribution in [-0.2, 0) is 11.2 Å². The Labute approximate surface area is 99.8 Å². The largest absolute Gasteiger partial charge is 0.496 e. The van der Waals surface area contributed by atoms with E-state index in [2.05, 4.69) is 13.0 Å². The lowest BCUT2D eigenvalue weighted by molar-refractivity contribution is -0.136. The van der Waals surface area contributed by atoms with Crippen LogP contribution < -0.4 is 4.74 Å². The smallest absolute Gasteiger partial charge is 0.304 e. The number of benzene rings is 1. The highest BCUT2D eigenvalue weighted by Crippen LogP contribution is 2.30. The first-order chi connectivity index (χ1) is 7.67. The van der Waals surface area contributed by atoms with Crippen LogP contribution in [0.3, 0.4) is 0 Å². The van der Waals surface area contributed by atoms with E-state index in [1.165, 1.54) is 17.3 Å². The Morgan fingerprint density at radius 2 is 2.25 bits per heavy atom. The van der Waals surface area contributed by atoms with Gasteiger partial charge >= 0.3 is 5.97 Å². The van der Waals surface area contributed by atoms with Gasteiger partial charge < -0.3 is 9.84 Å². The molecule has 88 valence electrons. The lowest BCUT2D eigenvalue weighted by Gasteiger charge is -2.09. The second-order valence-corrected chi connectivity index (χ2v) is 4.47. The Kier molecular flexibility index (Phi) is 5.19. The molecule has 1 aromatic rings. The summed E-state index contributed by atoms with van der Waals surface area (Å²) in [5.74, 6) is 0.615. The first kappa shape index (κ1) is 12.9. The molecule has 0 heterocycles. The maximum absolute atomic E-state index is 10.4. The van der Waals surface area contributed by atoms with E-state index in [1.807, 2.05) is 12.1 Å². The molecule has 0 amide bonds. The fourth-order valence-corrected chi connectivity index (χ4v) is 2.33. The molecule has 0 unspecified atom stereocenters. The van der Waals surface area contributed by atoms with Gasteiger partial charge in [0.1, 0.15) is 5.75 Å². The maximum atomic E-state index is 10.4. The average molecular weight is 240 g/mol. The molecule has 1 rings (SSSR count). The number of carboxylic acids is 1. The summed E-state index contributed by atoms with van der Waals surface area (Å²) in [5, 5.41) is 8.57. The van der Waals surface area contributed by atoms with Crippen molar-refractivity contribution in [2.45, 2.75) is 24.7 Å². The van der Waals surface area contributed by atoms with Crippen LogP contribution in [0.25, 0.3) is 0 Å². The number of hydrogen-bond acceptors (Lipinski definition) is 3. The van der Waals surface area contributed by atoms with Gasteiger partial charge in [0.2, 0.25) is 0 Å². The number of ether oxygens (including phenoxy) is 1. The summed E-state index contributed by atoms with van der Waals surface area (Å²) in [6, 6.07) is 6.02. The number of methoxy groups -OCH3 is 1. The summed E-state index contributed by atoms with van der Waals surface area (Å²) in [4.78, 5) is 11.4. The zero-order valence-corrected chi connectivity index (χ0v) is 10.3. The van der Waals surface area contributed by atoms with E-state index in [0.717, 1.165) is 17.1 Å². The van der Waals surface area contributed by atoms with Gasteiger partial charge in [0.15, 0.2) is 0 Å². The van der Waals surface area contributed by atoms with Gasteiger partial charge in [-0.05, 0) is 24.1 Å². The minimum atomic E-state index is -0.766. The highest BCUT2D eigenvalue weighted by Gasteiger charge is 2.05. The molecule has 1 N–H and O–H groups in total. The molecule has 0 aliphatic rings. The number of aryl methyl sites for hydroxylation is 1. The van der Waals surface area contributed by atoms with Crippen molar-refractivity contribution in [2.75, 3.05) is 12.9 Å². The molecule has 0 radical (unpaired) electrons. The summed E-state index contributed by atoms with van der Waals surface area (Å²) < 4.78 is 5.23. The molecule has 3 nitrogen and oxygen atoms in total. The minimum absolute atomic E-state index is 0.171. The van der Waals surface area contributed by atoms with Crippen molar-refractivity contribution in [1.29, 1.82) is 0 Å². The molecule has 4 heteroatoms. The predicted molar refractivity (Wildman–Crippen MR) is 65.3 cm³/mol. The Hall–Kier alpha value is -1.16. The molecule has 1 aromatic carbocycles. The van der Waals surface area contributed by atoms with Gasteiger partial charge in [-0.25, -0.2) is 0 Å². The first-order valence-electron chi connectivity index (χ1n) is 5.19. The van der Waals surface area contributed by atoms with Crippen LogP contribution in [0, 0.1) is 0 Å². The third-order valence-electron chi connectivity index (χ3n) is 2.21. The van der Waals surface area contributed by atoms with Gasteiger partial charge in [-0.15, -0.1) is 11.8 Å². The summed E-state index contributed by atoms with van der Waals surface area (Å²) in [6.07, 6.45) is 1.14. The van der Waals surface area contributed by atoms with Crippen molar-refractivity contribution < 1.29 is 14.6 Å². The summed E-state index contributed by atoms with van der Waals surface area (Å²) >= 11 is 1.52. The molecule has 0 saturated heterocycles.